The summed E-state index contributed by atoms with van der Waals surface area (Å²) in [4.78, 5) is 17.0. The van der Waals surface area contributed by atoms with E-state index in [2.05, 4.69) is 48.6 Å². The van der Waals surface area contributed by atoms with Crippen LogP contribution in [0.3, 0.4) is 0 Å². The van der Waals surface area contributed by atoms with Crippen LogP contribution in [0.2, 0.25) is 0 Å². The number of aryl methyl sites for hydroxylation is 1. The first-order chi connectivity index (χ1) is 13.6. The summed E-state index contributed by atoms with van der Waals surface area (Å²) in [5.74, 6) is 0. The Bertz CT molecular complexity index is 925. The van der Waals surface area contributed by atoms with Gasteiger partial charge in [-0.15, -0.1) is 0 Å². The molecule has 0 atom stereocenters. The predicted octanol–water partition coefficient (Wildman–Crippen LogP) is 3.74. The van der Waals surface area contributed by atoms with Gasteiger partial charge in [-0.25, -0.2) is 4.79 Å². The molecule has 2 aromatic rings. The van der Waals surface area contributed by atoms with Crippen molar-refractivity contribution in [3.8, 4) is 0 Å². The number of amides is 2. The maximum atomic E-state index is 12.9. The average Bonchev–Trinajstić information content (AvgIpc) is 2.97. The van der Waals surface area contributed by atoms with Crippen molar-refractivity contribution in [2.24, 2.45) is 0 Å². The molecule has 5 heteroatoms. The van der Waals surface area contributed by atoms with Gasteiger partial charge in [-0.3, -0.25) is 9.80 Å². The molecule has 0 bridgehead atoms. The van der Waals surface area contributed by atoms with Crippen molar-refractivity contribution in [1.82, 2.24) is 10.2 Å². The summed E-state index contributed by atoms with van der Waals surface area (Å²) in [6.45, 7) is 6.21. The van der Waals surface area contributed by atoms with Crippen LogP contribution >= 0.6 is 0 Å². The van der Waals surface area contributed by atoms with Gasteiger partial charge in [0.15, 0.2) is 0 Å². The van der Waals surface area contributed by atoms with Gasteiger partial charge in [-0.2, -0.15) is 0 Å². The number of nitrogens with zero attached hydrogens (tertiary/aromatic N) is 2. The minimum Gasteiger partial charge on any atom is -0.386 e. The largest absolute Gasteiger partial charge is 0.386 e. The lowest BCUT2D eigenvalue weighted by Crippen LogP contribution is -2.66. The van der Waals surface area contributed by atoms with Crippen molar-refractivity contribution in [1.29, 1.82) is 0 Å². The Morgan fingerprint density at radius 2 is 1.76 bits per heavy atom. The first-order valence-corrected chi connectivity index (χ1v) is 10.2. The van der Waals surface area contributed by atoms with E-state index < -0.39 is 5.60 Å². The second-order valence-electron chi connectivity index (χ2n) is 9.50. The molecule has 0 aromatic heterocycles. The minimum absolute atomic E-state index is 0.0375. The molecule has 2 fully saturated rings. The van der Waals surface area contributed by atoms with Crippen LogP contribution in [0.1, 0.15) is 43.4 Å². The molecule has 29 heavy (non-hydrogen) atoms. The Labute approximate surface area is 173 Å². The predicted molar refractivity (Wildman–Crippen MR) is 116 cm³/mol. The average molecular weight is 394 g/mol. The van der Waals surface area contributed by atoms with Gasteiger partial charge < -0.3 is 10.4 Å². The fourth-order valence-corrected chi connectivity index (χ4v) is 5.04. The Hall–Kier alpha value is -2.37. The van der Waals surface area contributed by atoms with Crippen LogP contribution in [0.25, 0.3) is 0 Å². The smallest absolute Gasteiger partial charge is 0.322 e. The molecule has 2 N–H and O–H groups in total. The molecule has 1 spiro atoms. The van der Waals surface area contributed by atoms with Gasteiger partial charge in [0.05, 0.1) is 23.2 Å². The number of benzene rings is 2. The zero-order valence-electron chi connectivity index (χ0n) is 18.0. The number of rotatable bonds is 4. The van der Waals surface area contributed by atoms with Crippen molar-refractivity contribution < 1.29 is 9.90 Å². The molecule has 2 aliphatic rings. The number of hydrogen-bond donors (Lipinski definition) is 2. The number of carbonyl (C=O) groups is 1. The van der Waals surface area contributed by atoms with Gasteiger partial charge in [0.1, 0.15) is 0 Å². The van der Waals surface area contributed by atoms with E-state index in [1.807, 2.05) is 36.1 Å². The van der Waals surface area contributed by atoms with Crippen molar-refractivity contribution in [2.75, 3.05) is 25.5 Å². The SMILES string of the molecule is Cc1cc(C(C)(C)O)ccc1N1CC2(CC(c3ccccc3)(N(C)C)C2)NC1=O. The van der Waals surface area contributed by atoms with E-state index in [9.17, 15) is 9.90 Å². The quantitative estimate of drug-likeness (QED) is 0.832. The fraction of sp³-hybridized carbons (Fsp3) is 0.458. The number of anilines is 1. The molecule has 0 radical (unpaired) electrons. The number of hydrogen-bond acceptors (Lipinski definition) is 3. The van der Waals surface area contributed by atoms with Gasteiger partial charge in [0.25, 0.3) is 0 Å². The maximum absolute atomic E-state index is 12.9. The number of carbonyl (C=O) groups excluding carboxylic acids is 1. The minimum atomic E-state index is -0.896. The second kappa shape index (κ2) is 6.57. The van der Waals surface area contributed by atoms with Crippen molar-refractivity contribution in [3.63, 3.8) is 0 Å². The van der Waals surface area contributed by atoms with Crippen LogP contribution in [-0.2, 0) is 11.1 Å². The number of aliphatic hydroxyl groups is 1. The van der Waals surface area contributed by atoms with E-state index in [1.165, 1.54) is 5.56 Å². The highest BCUT2D eigenvalue weighted by molar-refractivity contribution is 5.96. The molecular weight excluding hydrogens is 362 g/mol. The topological polar surface area (TPSA) is 55.8 Å². The van der Waals surface area contributed by atoms with Crippen LogP contribution in [0.4, 0.5) is 10.5 Å². The Balaban J connectivity index is 1.58. The third-order valence-corrected chi connectivity index (χ3v) is 6.70. The van der Waals surface area contributed by atoms with Crippen LogP contribution in [0.15, 0.2) is 48.5 Å². The number of nitrogens with one attached hydrogen (secondary N) is 1. The molecule has 1 aliphatic heterocycles. The summed E-state index contributed by atoms with van der Waals surface area (Å²) in [5, 5.41) is 13.5. The Morgan fingerprint density at radius 1 is 1.10 bits per heavy atom. The molecule has 1 saturated carbocycles. The van der Waals surface area contributed by atoms with E-state index in [0.29, 0.717) is 6.54 Å². The highest BCUT2D eigenvalue weighted by atomic mass is 16.3. The molecule has 1 aliphatic carbocycles. The van der Waals surface area contributed by atoms with E-state index in [0.717, 1.165) is 29.7 Å². The molecule has 4 rings (SSSR count). The summed E-state index contributed by atoms with van der Waals surface area (Å²) < 4.78 is 0. The molecule has 2 amide bonds. The Kier molecular flexibility index (Phi) is 4.52. The highest BCUT2D eigenvalue weighted by Crippen LogP contribution is 2.53. The maximum Gasteiger partial charge on any atom is 0.322 e. The van der Waals surface area contributed by atoms with E-state index in [-0.39, 0.29) is 17.1 Å². The normalized spacial score (nSPS) is 26.7. The zero-order valence-corrected chi connectivity index (χ0v) is 18.0. The Morgan fingerprint density at radius 3 is 2.31 bits per heavy atom. The first-order valence-electron chi connectivity index (χ1n) is 10.2. The lowest BCUT2D eigenvalue weighted by molar-refractivity contribution is -0.0169. The first kappa shape index (κ1) is 19.9. The summed E-state index contributed by atoms with van der Waals surface area (Å²) in [7, 11) is 4.24. The van der Waals surface area contributed by atoms with Gasteiger partial charge in [-0.05, 0) is 70.5 Å². The molecule has 1 saturated heterocycles. The van der Waals surface area contributed by atoms with Crippen LogP contribution < -0.4 is 10.2 Å². The third kappa shape index (κ3) is 3.22. The third-order valence-electron chi connectivity index (χ3n) is 6.70. The van der Waals surface area contributed by atoms with Gasteiger partial charge in [-0.1, -0.05) is 42.5 Å². The van der Waals surface area contributed by atoms with E-state index in [4.69, 9.17) is 0 Å². The van der Waals surface area contributed by atoms with Crippen LogP contribution in [0.5, 0.6) is 0 Å². The summed E-state index contributed by atoms with van der Waals surface area (Å²) in [6.07, 6.45) is 1.78. The summed E-state index contributed by atoms with van der Waals surface area (Å²) in [5.41, 5.74) is 2.91. The standard InChI is InChI=1S/C24H31N3O2/c1-17-13-19(22(2,3)29)11-12-20(17)27-16-23(25-21(27)28)14-24(15-23,26(4)5)18-9-7-6-8-10-18/h6-13,29H,14-16H2,1-5H3,(H,25,28). The molecule has 1 heterocycles. The molecular formula is C24H31N3O2. The van der Waals surface area contributed by atoms with Crippen molar-refractivity contribution in [3.05, 3.63) is 65.2 Å². The van der Waals surface area contributed by atoms with Gasteiger partial charge in [0, 0.05) is 5.69 Å². The zero-order chi connectivity index (χ0) is 21.0. The van der Waals surface area contributed by atoms with E-state index in [1.54, 1.807) is 13.8 Å². The van der Waals surface area contributed by atoms with Crippen LogP contribution in [0, 0.1) is 6.92 Å². The lowest BCUT2D eigenvalue weighted by atomic mass is 9.59. The van der Waals surface area contributed by atoms with Crippen molar-refractivity contribution in [2.45, 2.75) is 50.3 Å². The molecule has 0 unspecified atom stereocenters. The fourth-order valence-electron chi connectivity index (χ4n) is 5.04. The molecule has 2 aromatic carbocycles. The second-order valence-corrected chi connectivity index (χ2v) is 9.50. The van der Waals surface area contributed by atoms with Gasteiger partial charge in [0.2, 0.25) is 0 Å². The molecule has 5 nitrogen and oxygen atoms in total. The lowest BCUT2D eigenvalue weighted by Gasteiger charge is -2.57. The van der Waals surface area contributed by atoms with Crippen molar-refractivity contribution >= 4 is 11.7 Å². The van der Waals surface area contributed by atoms with Gasteiger partial charge >= 0.3 is 6.03 Å². The highest BCUT2D eigenvalue weighted by Gasteiger charge is 2.61. The number of urea groups is 1. The molecule has 154 valence electrons. The summed E-state index contributed by atoms with van der Waals surface area (Å²) in [6, 6.07) is 16.4. The monoisotopic (exact) mass is 393 g/mol. The van der Waals surface area contributed by atoms with E-state index >= 15 is 0 Å². The summed E-state index contributed by atoms with van der Waals surface area (Å²) >= 11 is 0. The van der Waals surface area contributed by atoms with Crippen LogP contribution in [-0.4, -0.2) is 42.2 Å².